The van der Waals surface area contributed by atoms with Gasteiger partial charge in [-0.05, 0) is 19.4 Å². The largest absolute Gasteiger partial charge is 0.508 e. The Morgan fingerprint density at radius 3 is 2.89 bits per heavy atom. The summed E-state index contributed by atoms with van der Waals surface area (Å²) in [4.78, 5) is 13.3. The first-order chi connectivity index (χ1) is 8.58. The normalized spacial score (nSPS) is 21.8. The molecule has 2 N–H and O–H groups in total. The summed E-state index contributed by atoms with van der Waals surface area (Å²) in [5.74, 6) is 0.366. The van der Waals surface area contributed by atoms with Crippen LogP contribution in [0.25, 0.3) is 0 Å². The maximum atomic E-state index is 11.0. The van der Waals surface area contributed by atoms with E-state index in [1.807, 2.05) is 18.2 Å². The molecular formula is C14H20N2O2. The molecule has 1 fully saturated rings. The second kappa shape index (κ2) is 5.40. The molecule has 0 radical (unpaired) electrons. The van der Waals surface area contributed by atoms with Crippen LogP contribution in [-0.4, -0.2) is 35.0 Å². The van der Waals surface area contributed by atoms with E-state index in [0.717, 1.165) is 25.1 Å². The van der Waals surface area contributed by atoms with Gasteiger partial charge >= 0.3 is 0 Å². The van der Waals surface area contributed by atoms with E-state index in [2.05, 4.69) is 17.1 Å². The molecule has 1 amide bonds. The van der Waals surface area contributed by atoms with Gasteiger partial charge < -0.3 is 10.4 Å². The molecule has 18 heavy (non-hydrogen) atoms. The number of hydrogen-bond donors (Lipinski definition) is 2. The molecule has 4 heteroatoms. The third-order valence-corrected chi connectivity index (χ3v) is 3.56. The van der Waals surface area contributed by atoms with E-state index >= 15 is 0 Å². The van der Waals surface area contributed by atoms with E-state index in [4.69, 9.17) is 0 Å². The predicted molar refractivity (Wildman–Crippen MR) is 70.3 cm³/mol. The maximum Gasteiger partial charge on any atom is 0.217 e. The number of nitrogens with zero attached hydrogens (tertiary/aromatic N) is 1. The zero-order valence-corrected chi connectivity index (χ0v) is 10.9. The molecule has 1 aromatic rings. The van der Waals surface area contributed by atoms with Gasteiger partial charge in [-0.2, -0.15) is 0 Å². The Morgan fingerprint density at radius 1 is 1.50 bits per heavy atom. The maximum absolute atomic E-state index is 11.0. The van der Waals surface area contributed by atoms with Crippen LogP contribution in [0.5, 0.6) is 5.75 Å². The van der Waals surface area contributed by atoms with Crippen molar-refractivity contribution in [2.24, 2.45) is 0 Å². The zero-order valence-electron chi connectivity index (χ0n) is 10.9. The van der Waals surface area contributed by atoms with Crippen LogP contribution >= 0.6 is 0 Å². The molecule has 4 nitrogen and oxygen atoms in total. The number of aromatic hydroxyl groups is 1. The van der Waals surface area contributed by atoms with Gasteiger partial charge in [0.05, 0.1) is 0 Å². The van der Waals surface area contributed by atoms with Crippen LogP contribution < -0.4 is 5.32 Å². The van der Waals surface area contributed by atoms with Crippen molar-refractivity contribution in [2.75, 3.05) is 13.1 Å². The average Bonchev–Trinajstić information content (AvgIpc) is 2.76. The van der Waals surface area contributed by atoms with Gasteiger partial charge in [-0.15, -0.1) is 0 Å². The summed E-state index contributed by atoms with van der Waals surface area (Å²) in [7, 11) is 0. The lowest BCUT2D eigenvalue weighted by Crippen LogP contribution is -2.36. The molecule has 2 atom stereocenters. The van der Waals surface area contributed by atoms with Gasteiger partial charge in [0.2, 0.25) is 5.91 Å². The van der Waals surface area contributed by atoms with E-state index in [1.165, 1.54) is 0 Å². The molecule has 1 saturated heterocycles. The Morgan fingerprint density at radius 2 is 2.22 bits per heavy atom. The Balaban J connectivity index is 2.01. The van der Waals surface area contributed by atoms with Crippen LogP contribution in [0, 0.1) is 0 Å². The zero-order chi connectivity index (χ0) is 13.1. The number of para-hydroxylation sites is 1. The van der Waals surface area contributed by atoms with Gasteiger partial charge in [0.1, 0.15) is 5.75 Å². The fraction of sp³-hybridized carbons (Fsp3) is 0.500. The summed E-state index contributed by atoms with van der Waals surface area (Å²) in [5.41, 5.74) is 0.945. The molecule has 2 rings (SSSR count). The number of amides is 1. The topological polar surface area (TPSA) is 52.6 Å². The minimum atomic E-state index is 0.0251. The molecule has 0 spiro atoms. The van der Waals surface area contributed by atoms with Gasteiger partial charge in [0.25, 0.3) is 0 Å². The molecule has 1 aliphatic rings. The van der Waals surface area contributed by atoms with Crippen molar-refractivity contribution in [3.63, 3.8) is 0 Å². The number of rotatable bonds is 3. The standard InChI is InChI=1S/C14H20N2O2/c1-10(13-5-3-4-6-14(13)18)16-8-7-12(9-16)15-11(2)17/h3-6,10,12,18H,7-9H2,1-2H3,(H,15,17). The van der Waals surface area contributed by atoms with Gasteiger partial charge in [-0.25, -0.2) is 0 Å². The molecule has 1 heterocycles. The number of carbonyl (C=O) groups excluding carboxylic acids is 1. The molecule has 0 bridgehead atoms. The van der Waals surface area contributed by atoms with Crippen LogP contribution in [0.3, 0.4) is 0 Å². The van der Waals surface area contributed by atoms with Crippen LogP contribution in [0.15, 0.2) is 24.3 Å². The Bertz CT molecular complexity index is 434. The summed E-state index contributed by atoms with van der Waals surface area (Å²) in [6, 6.07) is 7.84. The lowest BCUT2D eigenvalue weighted by molar-refractivity contribution is -0.119. The van der Waals surface area contributed by atoms with Gasteiger partial charge in [-0.3, -0.25) is 9.69 Å². The second-order valence-corrected chi connectivity index (χ2v) is 4.92. The fourth-order valence-corrected chi connectivity index (χ4v) is 2.58. The molecule has 1 aliphatic heterocycles. The average molecular weight is 248 g/mol. The quantitative estimate of drug-likeness (QED) is 0.855. The lowest BCUT2D eigenvalue weighted by Gasteiger charge is -2.25. The highest BCUT2D eigenvalue weighted by Gasteiger charge is 2.27. The molecular weight excluding hydrogens is 228 g/mol. The van der Waals surface area contributed by atoms with E-state index in [0.29, 0.717) is 5.75 Å². The van der Waals surface area contributed by atoms with E-state index < -0.39 is 0 Å². The monoisotopic (exact) mass is 248 g/mol. The minimum absolute atomic E-state index is 0.0251. The van der Waals surface area contributed by atoms with Crippen molar-refractivity contribution in [3.05, 3.63) is 29.8 Å². The van der Waals surface area contributed by atoms with E-state index in [9.17, 15) is 9.90 Å². The fourth-order valence-electron chi connectivity index (χ4n) is 2.58. The summed E-state index contributed by atoms with van der Waals surface area (Å²) >= 11 is 0. The Labute approximate surface area is 108 Å². The number of likely N-dealkylation sites (tertiary alicyclic amines) is 1. The minimum Gasteiger partial charge on any atom is -0.508 e. The highest BCUT2D eigenvalue weighted by molar-refractivity contribution is 5.73. The highest BCUT2D eigenvalue weighted by atomic mass is 16.3. The van der Waals surface area contributed by atoms with Gasteiger partial charge in [0, 0.05) is 37.7 Å². The SMILES string of the molecule is CC(=O)NC1CCN(C(C)c2ccccc2O)C1. The third kappa shape index (κ3) is 2.82. The molecule has 2 unspecified atom stereocenters. The Kier molecular flexibility index (Phi) is 3.87. The predicted octanol–water partition coefficient (Wildman–Crippen LogP) is 1.66. The van der Waals surface area contributed by atoms with Crippen molar-refractivity contribution in [1.82, 2.24) is 10.2 Å². The van der Waals surface area contributed by atoms with Crippen LogP contribution in [0.4, 0.5) is 0 Å². The van der Waals surface area contributed by atoms with Crippen LogP contribution in [-0.2, 0) is 4.79 Å². The first kappa shape index (κ1) is 12.9. The van der Waals surface area contributed by atoms with E-state index in [-0.39, 0.29) is 18.0 Å². The summed E-state index contributed by atoms with van der Waals surface area (Å²) in [6.07, 6.45) is 0.970. The molecule has 1 aromatic carbocycles. The van der Waals surface area contributed by atoms with Gasteiger partial charge in [-0.1, -0.05) is 18.2 Å². The van der Waals surface area contributed by atoms with Crippen molar-refractivity contribution in [1.29, 1.82) is 0 Å². The number of nitrogens with one attached hydrogen (secondary N) is 1. The van der Waals surface area contributed by atoms with Crippen molar-refractivity contribution in [2.45, 2.75) is 32.4 Å². The highest BCUT2D eigenvalue weighted by Crippen LogP contribution is 2.30. The summed E-state index contributed by atoms with van der Waals surface area (Å²) in [5, 5.41) is 12.8. The molecule has 98 valence electrons. The smallest absolute Gasteiger partial charge is 0.217 e. The molecule has 0 aliphatic carbocycles. The van der Waals surface area contributed by atoms with Crippen LogP contribution in [0.1, 0.15) is 31.9 Å². The number of hydrogen-bond acceptors (Lipinski definition) is 3. The number of phenolic OH excluding ortho intramolecular Hbond substituents is 1. The van der Waals surface area contributed by atoms with Crippen LogP contribution in [0.2, 0.25) is 0 Å². The molecule has 0 saturated carbocycles. The van der Waals surface area contributed by atoms with E-state index in [1.54, 1.807) is 13.0 Å². The molecule has 0 aromatic heterocycles. The summed E-state index contributed by atoms with van der Waals surface area (Å²) < 4.78 is 0. The summed E-state index contributed by atoms with van der Waals surface area (Å²) in [6.45, 7) is 5.43. The second-order valence-electron chi connectivity index (χ2n) is 4.92. The number of phenols is 1. The first-order valence-corrected chi connectivity index (χ1v) is 6.37. The van der Waals surface area contributed by atoms with Crippen molar-refractivity contribution >= 4 is 5.91 Å². The van der Waals surface area contributed by atoms with Crippen molar-refractivity contribution < 1.29 is 9.90 Å². The lowest BCUT2D eigenvalue weighted by atomic mass is 10.1. The first-order valence-electron chi connectivity index (χ1n) is 6.37. The number of benzene rings is 1. The van der Waals surface area contributed by atoms with Gasteiger partial charge in [0.15, 0.2) is 0 Å². The Hall–Kier alpha value is -1.55. The van der Waals surface area contributed by atoms with Crippen molar-refractivity contribution in [3.8, 4) is 5.75 Å². The third-order valence-electron chi connectivity index (χ3n) is 3.56. The number of carbonyl (C=O) groups is 1.